The molecule has 1 aliphatic heterocycles. The van der Waals surface area contributed by atoms with Crippen molar-refractivity contribution in [2.24, 2.45) is 0 Å². The molecule has 2 rings (SSSR count). The molecule has 1 atom stereocenters. The number of carboxylic acid groups (broad SMARTS) is 1. The molecule has 2 amide bonds. The van der Waals surface area contributed by atoms with Crippen LogP contribution >= 0.6 is 22.6 Å². The zero-order valence-corrected chi connectivity index (χ0v) is 12.2. The van der Waals surface area contributed by atoms with E-state index < -0.39 is 18.0 Å². The minimum absolute atomic E-state index is 0.0225. The summed E-state index contributed by atoms with van der Waals surface area (Å²) in [6, 6.07) is 5.97. The fourth-order valence-electron chi connectivity index (χ4n) is 1.80. The highest BCUT2D eigenvalue weighted by Gasteiger charge is 2.32. The lowest BCUT2D eigenvalue weighted by Gasteiger charge is -2.32. The van der Waals surface area contributed by atoms with Crippen LogP contribution in [0.3, 0.4) is 0 Å². The number of hydrogen-bond donors (Lipinski definition) is 2. The van der Waals surface area contributed by atoms with Gasteiger partial charge in [-0.1, -0.05) is 12.1 Å². The molecule has 0 spiro atoms. The third kappa shape index (κ3) is 3.35. The number of urea groups is 1. The van der Waals surface area contributed by atoms with E-state index in [1.807, 2.05) is 18.2 Å². The topological polar surface area (TPSA) is 78.9 Å². The molecule has 7 heteroatoms. The Morgan fingerprint density at radius 2 is 2.16 bits per heavy atom. The van der Waals surface area contributed by atoms with Crippen molar-refractivity contribution in [3.05, 3.63) is 27.8 Å². The Labute approximate surface area is 123 Å². The average Bonchev–Trinajstić information content (AvgIpc) is 2.41. The molecule has 19 heavy (non-hydrogen) atoms. The number of nitrogens with one attached hydrogen (secondary N) is 1. The SMILES string of the molecule is O=C(O)C1COCCN1C(=O)Nc1ccccc1I. The zero-order valence-electron chi connectivity index (χ0n) is 10.0. The van der Waals surface area contributed by atoms with Crippen LogP contribution in [0.4, 0.5) is 10.5 Å². The summed E-state index contributed by atoms with van der Waals surface area (Å²) < 4.78 is 5.99. The summed E-state index contributed by atoms with van der Waals surface area (Å²) >= 11 is 2.11. The van der Waals surface area contributed by atoms with Gasteiger partial charge in [0.1, 0.15) is 0 Å². The molecular weight excluding hydrogens is 363 g/mol. The van der Waals surface area contributed by atoms with Crippen LogP contribution in [-0.4, -0.2) is 47.8 Å². The molecular formula is C12H13IN2O4. The van der Waals surface area contributed by atoms with Crippen LogP contribution in [0.25, 0.3) is 0 Å². The van der Waals surface area contributed by atoms with E-state index in [9.17, 15) is 9.59 Å². The number of carboxylic acids is 1. The summed E-state index contributed by atoms with van der Waals surface area (Å²) in [5, 5.41) is 11.8. The Morgan fingerprint density at radius 3 is 2.84 bits per heavy atom. The van der Waals surface area contributed by atoms with Gasteiger partial charge < -0.3 is 20.1 Å². The number of carbonyl (C=O) groups excluding carboxylic acids is 1. The van der Waals surface area contributed by atoms with Gasteiger partial charge in [0.2, 0.25) is 0 Å². The Bertz CT molecular complexity index is 494. The normalized spacial score (nSPS) is 19.0. The molecule has 0 aliphatic carbocycles. The van der Waals surface area contributed by atoms with Crippen LogP contribution in [-0.2, 0) is 9.53 Å². The molecule has 1 aromatic rings. The first-order valence-electron chi connectivity index (χ1n) is 5.72. The number of ether oxygens (including phenoxy) is 1. The van der Waals surface area contributed by atoms with Gasteiger partial charge >= 0.3 is 12.0 Å². The number of anilines is 1. The minimum Gasteiger partial charge on any atom is -0.480 e. The fourth-order valence-corrected chi connectivity index (χ4v) is 2.32. The second-order valence-electron chi connectivity index (χ2n) is 4.03. The molecule has 0 aromatic heterocycles. The largest absolute Gasteiger partial charge is 0.480 e. The Kier molecular flexibility index (Phi) is 4.59. The van der Waals surface area contributed by atoms with Gasteiger partial charge in [-0.3, -0.25) is 0 Å². The fraction of sp³-hybridized carbons (Fsp3) is 0.333. The molecule has 0 radical (unpaired) electrons. The van der Waals surface area contributed by atoms with Crippen molar-refractivity contribution >= 4 is 40.3 Å². The second-order valence-corrected chi connectivity index (χ2v) is 5.19. The van der Waals surface area contributed by atoms with Gasteiger partial charge in [-0.05, 0) is 34.7 Å². The molecule has 1 saturated heterocycles. The monoisotopic (exact) mass is 376 g/mol. The predicted octanol–water partition coefficient (Wildman–Crippen LogP) is 1.61. The maximum atomic E-state index is 12.1. The molecule has 1 aromatic carbocycles. The molecule has 2 N–H and O–H groups in total. The van der Waals surface area contributed by atoms with Gasteiger partial charge in [0.15, 0.2) is 6.04 Å². The van der Waals surface area contributed by atoms with E-state index in [0.717, 1.165) is 3.57 Å². The number of aliphatic carboxylic acids is 1. The number of carbonyl (C=O) groups is 2. The quantitative estimate of drug-likeness (QED) is 0.769. The lowest BCUT2D eigenvalue weighted by atomic mass is 10.2. The average molecular weight is 376 g/mol. The van der Waals surface area contributed by atoms with Gasteiger partial charge in [0.25, 0.3) is 0 Å². The molecule has 1 fully saturated rings. The van der Waals surface area contributed by atoms with Gasteiger partial charge in [-0.25, -0.2) is 9.59 Å². The van der Waals surface area contributed by atoms with Crippen molar-refractivity contribution in [3.63, 3.8) is 0 Å². The molecule has 1 heterocycles. The highest BCUT2D eigenvalue weighted by Crippen LogP contribution is 2.18. The van der Waals surface area contributed by atoms with E-state index in [-0.39, 0.29) is 13.2 Å². The standard InChI is InChI=1S/C12H13IN2O4/c13-8-3-1-2-4-9(8)14-12(18)15-5-6-19-7-10(15)11(16)17/h1-4,10H,5-7H2,(H,14,18)(H,16,17). The molecule has 1 unspecified atom stereocenters. The second kappa shape index (κ2) is 6.20. The van der Waals surface area contributed by atoms with E-state index in [1.165, 1.54) is 4.90 Å². The number of rotatable bonds is 2. The molecule has 6 nitrogen and oxygen atoms in total. The van der Waals surface area contributed by atoms with E-state index >= 15 is 0 Å². The minimum atomic E-state index is -1.06. The van der Waals surface area contributed by atoms with E-state index in [2.05, 4.69) is 27.9 Å². The van der Waals surface area contributed by atoms with Crippen molar-refractivity contribution in [3.8, 4) is 0 Å². The smallest absolute Gasteiger partial charge is 0.328 e. The summed E-state index contributed by atoms with van der Waals surface area (Å²) in [5.74, 6) is -1.06. The predicted molar refractivity (Wildman–Crippen MR) is 77.1 cm³/mol. The van der Waals surface area contributed by atoms with E-state index in [0.29, 0.717) is 12.3 Å². The Morgan fingerprint density at radius 1 is 1.42 bits per heavy atom. The summed E-state index contributed by atoms with van der Waals surface area (Å²) in [4.78, 5) is 24.5. The highest BCUT2D eigenvalue weighted by molar-refractivity contribution is 14.1. The zero-order chi connectivity index (χ0) is 13.8. The van der Waals surface area contributed by atoms with Crippen LogP contribution in [0.1, 0.15) is 0 Å². The summed E-state index contributed by atoms with van der Waals surface area (Å²) in [5.41, 5.74) is 0.670. The number of para-hydroxylation sites is 1. The number of morpholine rings is 1. The Balaban J connectivity index is 2.10. The third-order valence-electron chi connectivity index (χ3n) is 2.79. The van der Waals surface area contributed by atoms with Crippen molar-refractivity contribution in [2.75, 3.05) is 25.1 Å². The van der Waals surface area contributed by atoms with Gasteiger partial charge in [0.05, 0.1) is 18.9 Å². The van der Waals surface area contributed by atoms with Crippen molar-refractivity contribution in [1.82, 2.24) is 4.90 Å². The van der Waals surface area contributed by atoms with Crippen LogP contribution in [0.15, 0.2) is 24.3 Å². The lowest BCUT2D eigenvalue weighted by Crippen LogP contribution is -2.54. The molecule has 1 aliphatic rings. The van der Waals surface area contributed by atoms with Crippen LogP contribution in [0.5, 0.6) is 0 Å². The molecule has 0 bridgehead atoms. The van der Waals surface area contributed by atoms with Crippen molar-refractivity contribution in [2.45, 2.75) is 6.04 Å². The summed E-state index contributed by atoms with van der Waals surface area (Å²) in [7, 11) is 0. The van der Waals surface area contributed by atoms with E-state index in [1.54, 1.807) is 6.07 Å². The number of hydrogen-bond acceptors (Lipinski definition) is 3. The number of halogens is 1. The number of benzene rings is 1. The first-order chi connectivity index (χ1) is 9.09. The lowest BCUT2D eigenvalue weighted by molar-refractivity contribution is -0.147. The number of amides is 2. The van der Waals surface area contributed by atoms with E-state index in [4.69, 9.17) is 9.84 Å². The van der Waals surface area contributed by atoms with Crippen LogP contribution in [0, 0.1) is 3.57 Å². The van der Waals surface area contributed by atoms with Crippen LogP contribution < -0.4 is 5.32 Å². The molecule has 102 valence electrons. The summed E-state index contributed by atoms with van der Waals surface area (Å²) in [6.07, 6.45) is 0. The maximum absolute atomic E-state index is 12.1. The maximum Gasteiger partial charge on any atom is 0.328 e. The summed E-state index contributed by atoms with van der Waals surface area (Å²) in [6.45, 7) is 0.643. The van der Waals surface area contributed by atoms with Gasteiger partial charge in [-0.2, -0.15) is 0 Å². The highest BCUT2D eigenvalue weighted by atomic mass is 127. The van der Waals surface area contributed by atoms with Gasteiger partial charge in [0, 0.05) is 10.1 Å². The van der Waals surface area contributed by atoms with Crippen LogP contribution in [0.2, 0.25) is 0 Å². The van der Waals surface area contributed by atoms with Crippen molar-refractivity contribution < 1.29 is 19.4 Å². The first kappa shape index (κ1) is 14.1. The van der Waals surface area contributed by atoms with Crippen molar-refractivity contribution in [1.29, 1.82) is 0 Å². The first-order valence-corrected chi connectivity index (χ1v) is 6.80. The third-order valence-corrected chi connectivity index (χ3v) is 3.73. The van der Waals surface area contributed by atoms with Gasteiger partial charge in [-0.15, -0.1) is 0 Å². The number of nitrogens with zero attached hydrogens (tertiary/aromatic N) is 1. The molecule has 0 saturated carbocycles. The Hall–Kier alpha value is -1.35.